The van der Waals surface area contributed by atoms with E-state index in [-0.39, 0.29) is 24.3 Å². The van der Waals surface area contributed by atoms with Crippen molar-refractivity contribution in [1.29, 1.82) is 0 Å². The Kier molecular flexibility index (Phi) is 8.04. The maximum absolute atomic E-state index is 13.9. The van der Waals surface area contributed by atoms with Crippen LogP contribution in [0.4, 0.5) is 11.4 Å². The van der Waals surface area contributed by atoms with Crippen LogP contribution in [0.25, 0.3) is 0 Å². The van der Waals surface area contributed by atoms with Crippen molar-refractivity contribution in [2.24, 2.45) is 10.9 Å². The summed E-state index contributed by atoms with van der Waals surface area (Å²) in [5.41, 5.74) is 3.81. The smallest absolute Gasteiger partial charge is 0.252 e. The van der Waals surface area contributed by atoms with Crippen LogP contribution in [-0.2, 0) is 9.59 Å². The number of nitrogens with one attached hydrogen (secondary N) is 1. The number of amides is 2. The summed E-state index contributed by atoms with van der Waals surface area (Å²) in [4.78, 5) is 33.5. The van der Waals surface area contributed by atoms with Crippen LogP contribution in [0, 0.1) is 12.8 Å². The van der Waals surface area contributed by atoms with E-state index in [1.807, 2.05) is 39.0 Å². The lowest BCUT2D eigenvalue weighted by Crippen LogP contribution is -2.44. The van der Waals surface area contributed by atoms with Gasteiger partial charge in [-0.2, -0.15) is 0 Å². The summed E-state index contributed by atoms with van der Waals surface area (Å²) < 4.78 is 0. The van der Waals surface area contributed by atoms with Crippen LogP contribution >= 0.6 is 34.8 Å². The van der Waals surface area contributed by atoms with Gasteiger partial charge in [-0.3, -0.25) is 14.6 Å². The lowest BCUT2D eigenvalue weighted by atomic mass is 9.97. The Morgan fingerprint density at radius 3 is 2.47 bits per heavy atom. The Hall–Kier alpha value is -2.86. The first-order valence-corrected chi connectivity index (χ1v) is 12.8. The van der Waals surface area contributed by atoms with Gasteiger partial charge >= 0.3 is 0 Å². The molecular formula is C28H26Cl3N3O2. The monoisotopic (exact) mass is 541 g/mol. The summed E-state index contributed by atoms with van der Waals surface area (Å²) in [5, 5.41) is 4.44. The number of carbonyl (C=O) groups excluding carboxylic acids is 2. The van der Waals surface area contributed by atoms with Crippen molar-refractivity contribution < 1.29 is 9.59 Å². The molecule has 0 fully saturated rings. The summed E-state index contributed by atoms with van der Waals surface area (Å²) >= 11 is 19.2. The molecular weight excluding hydrogens is 517 g/mol. The number of rotatable bonds is 6. The molecule has 36 heavy (non-hydrogen) atoms. The Balaban J connectivity index is 1.81. The number of halogens is 3. The van der Waals surface area contributed by atoms with Gasteiger partial charge in [-0.25, -0.2) is 0 Å². The Bertz CT molecular complexity index is 1360. The third-order valence-electron chi connectivity index (χ3n) is 6.45. The first-order chi connectivity index (χ1) is 17.2. The zero-order valence-corrected chi connectivity index (χ0v) is 22.5. The molecule has 0 bridgehead atoms. The molecule has 3 aromatic carbocycles. The minimum Gasteiger partial charge on any atom is -0.324 e. The quantitative estimate of drug-likeness (QED) is 0.358. The predicted octanol–water partition coefficient (Wildman–Crippen LogP) is 7.19. The summed E-state index contributed by atoms with van der Waals surface area (Å²) in [5.74, 6) is -0.674. The third-order valence-corrected chi connectivity index (χ3v) is 7.42. The van der Waals surface area contributed by atoms with Gasteiger partial charge in [0, 0.05) is 31.9 Å². The molecule has 5 nitrogen and oxygen atoms in total. The number of benzodiazepines with no additional fused rings is 1. The van der Waals surface area contributed by atoms with E-state index >= 15 is 0 Å². The average molecular weight is 543 g/mol. The van der Waals surface area contributed by atoms with E-state index < -0.39 is 6.04 Å². The van der Waals surface area contributed by atoms with Crippen LogP contribution in [0.3, 0.4) is 0 Å². The highest BCUT2D eigenvalue weighted by Gasteiger charge is 2.36. The Morgan fingerprint density at radius 2 is 1.75 bits per heavy atom. The number of benzene rings is 3. The second-order valence-corrected chi connectivity index (χ2v) is 10.1. The van der Waals surface area contributed by atoms with Crippen molar-refractivity contribution in [2.45, 2.75) is 33.2 Å². The molecule has 1 aliphatic rings. The molecule has 8 heteroatoms. The first-order valence-electron chi connectivity index (χ1n) is 11.7. The van der Waals surface area contributed by atoms with E-state index in [0.717, 1.165) is 12.0 Å². The van der Waals surface area contributed by atoms with Gasteiger partial charge in [0.25, 0.3) is 5.91 Å². The van der Waals surface area contributed by atoms with Gasteiger partial charge in [-0.15, -0.1) is 0 Å². The number of carbonyl (C=O) groups is 2. The third kappa shape index (κ3) is 5.29. The summed E-state index contributed by atoms with van der Waals surface area (Å²) in [6, 6.07) is 17.2. The number of fused-ring (bicyclic) bond motifs is 1. The second kappa shape index (κ2) is 11.0. The van der Waals surface area contributed by atoms with Crippen molar-refractivity contribution in [3.63, 3.8) is 0 Å². The van der Waals surface area contributed by atoms with Crippen LogP contribution < -0.4 is 10.2 Å². The molecule has 0 saturated carbocycles. The Labute approximate surface area is 226 Å². The molecule has 2 amide bonds. The standard InChI is InChI=1S/C28H26Cl3N3O2/c1-4-16(2)26-28(36)34(15-25(35)32-23-11-7-10-21(30)17(23)3)24-13-12-18(29)14-20(24)27(33-26)19-8-5-6-9-22(19)31/h5-14,16,26H,4,15H2,1-3H3,(H,32,35)/t16-,26-/m0/s1. The molecule has 0 radical (unpaired) electrons. The van der Waals surface area contributed by atoms with Crippen molar-refractivity contribution >= 4 is 63.7 Å². The average Bonchev–Trinajstić information content (AvgIpc) is 2.96. The van der Waals surface area contributed by atoms with Crippen molar-refractivity contribution in [3.05, 3.63) is 92.4 Å². The molecule has 0 spiro atoms. The number of nitrogens with zero attached hydrogens (tertiary/aromatic N) is 2. The molecule has 1 N–H and O–H groups in total. The van der Waals surface area contributed by atoms with E-state index in [1.165, 1.54) is 4.90 Å². The molecule has 0 saturated heterocycles. The highest BCUT2D eigenvalue weighted by Crippen LogP contribution is 2.34. The summed E-state index contributed by atoms with van der Waals surface area (Å²) in [6.45, 7) is 5.62. The molecule has 1 aliphatic heterocycles. The number of aliphatic imine (C=N–C) groups is 1. The van der Waals surface area contributed by atoms with Crippen molar-refractivity contribution in [3.8, 4) is 0 Å². The lowest BCUT2D eigenvalue weighted by molar-refractivity contribution is -0.123. The summed E-state index contributed by atoms with van der Waals surface area (Å²) in [7, 11) is 0. The SMILES string of the molecule is CC[C@H](C)[C@@H]1N=C(c2ccccc2Cl)c2cc(Cl)ccc2N(CC(=O)Nc2cccc(Cl)c2C)C1=O. The number of hydrogen-bond acceptors (Lipinski definition) is 3. The van der Waals surface area contributed by atoms with E-state index in [9.17, 15) is 9.59 Å². The number of anilines is 2. The van der Waals surface area contributed by atoms with E-state index in [4.69, 9.17) is 39.8 Å². The van der Waals surface area contributed by atoms with Crippen molar-refractivity contribution in [1.82, 2.24) is 0 Å². The topological polar surface area (TPSA) is 61.8 Å². The molecule has 0 aliphatic carbocycles. The van der Waals surface area contributed by atoms with Gasteiger partial charge in [-0.1, -0.05) is 79.3 Å². The normalized spacial score (nSPS) is 16.2. The maximum Gasteiger partial charge on any atom is 0.252 e. The lowest BCUT2D eigenvalue weighted by Gasteiger charge is -2.27. The fourth-order valence-electron chi connectivity index (χ4n) is 4.18. The van der Waals surface area contributed by atoms with Gasteiger partial charge in [0.15, 0.2) is 0 Å². The minimum absolute atomic E-state index is 0.0690. The first kappa shape index (κ1) is 26.2. The highest BCUT2D eigenvalue weighted by molar-refractivity contribution is 6.37. The minimum atomic E-state index is -0.701. The van der Waals surface area contributed by atoms with Crippen LogP contribution in [0.5, 0.6) is 0 Å². The molecule has 3 aromatic rings. The van der Waals surface area contributed by atoms with Gasteiger partial charge in [0.2, 0.25) is 5.91 Å². The van der Waals surface area contributed by atoms with E-state index in [2.05, 4.69) is 5.32 Å². The fraction of sp³-hybridized carbons (Fsp3) is 0.250. The van der Waals surface area contributed by atoms with Crippen molar-refractivity contribution in [2.75, 3.05) is 16.8 Å². The fourth-order valence-corrected chi connectivity index (χ4v) is 4.75. The van der Waals surface area contributed by atoms with E-state index in [0.29, 0.717) is 43.3 Å². The molecule has 1 heterocycles. The molecule has 2 atom stereocenters. The van der Waals surface area contributed by atoms with Gasteiger partial charge in [0.1, 0.15) is 12.6 Å². The van der Waals surface area contributed by atoms with Gasteiger partial charge in [0.05, 0.1) is 11.4 Å². The van der Waals surface area contributed by atoms with Crippen LogP contribution in [-0.4, -0.2) is 30.1 Å². The van der Waals surface area contributed by atoms with Crippen LogP contribution in [0.2, 0.25) is 15.1 Å². The summed E-state index contributed by atoms with van der Waals surface area (Å²) in [6.07, 6.45) is 0.731. The second-order valence-electron chi connectivity index (χ2n) is 8.83. The van der Waals surface area contributed by atoms with Gasteiger partial charge in [-0.05, 0) is 54.8 Å². The number of hydrogen-bond donors (Lipinski definition) is 1. The molecule has 0 aromatic heterocycles. The predicted molar refractivity (Wildman–Crippen MR) is 149 cm³/mol. The molecule has 0 unspecified atom stereocenters. The highest BCUT2D eigenvalue weighted by atomic mass is 35.5. The van der Waals surface area contributed by atoms with E-state index in [1.54, 1.807) is 42.5 Å². The molecule has 186 valence electrons. The zero-order valence-electron chi connectivity index (χ0n) is 20.2. The molecule has 4 rings (SSSR count). The Morgan fingerprint density at radius 1 is 1.03 bits per heavy atom. The van der Waals surface area contributed by atoms with Gasteiger partial charge < -0.3 is 10.2 Å². The zero-order chi connectivity index (χ0) is 26.0. The largest absolute Gasteiger partial charge is 0.324 e. The van der Waals surface area contributed by atoms with Crippen LogP contribution in [0.1, 0.15) is 37.0 Å². The maximum atomic E-state index is 13.9. The van der Waals surface area contributed by atoms with Crippen LogP contribution in [0.15, 0.2) is 65.7 Å².